The third kappa shape index (κ3) is 3.19. The van der Waals surface area contributed by atoms with Crippen molar-refractivity contribution in [3.8, 4) is 6.07 Å². The first-order chi connectivity index (χ1) is 12.0. The van der Waals surface area contributed by atoms with Gasteiger partial charge in [-0.05, 0) is 43.2 Å². The highest BCUT2D eigenvalue weighted by molar-refractivity contribution is 6.17. The first-order valence-corrected chi connectivity index (χ1v) is 7.53. The normalized spacial score (nSPS) is 14.3. The summed E-state index contributed by atoms with van der Waals surface area (Å²) in [5, 5.41) is 13.6. The molecule has 2 aromatic rings. The number of anilines is 2. The maximum atomic E-state index is 13.7. The topological polar surface area (TPSA) is 82.0 Å². The van der Waals surface area contributed by atoms with Crippen LogP contribution in [-0.2, 0) is 9.59 Å². The molecule has 5 nitrogen and oxygen atoms in total. The van der Waals surface area contributed by atoms with Gasteiger partial charge >= 0.3 is 0 Å². The summed E-state index contributed by atoms with van der Waals surface area (Å²) in [6.07, 6.45) is 0.553. The smallest absolute Gasteiger partial charge is 0.240 e. The number of carbonyl (C=O) groups is 2. The lowest BCUT2D eigenvalue weighted by Crippen LogP contribution is -2.36. The molecule has 0 unspecified atom stereocenters. The van der Waals surface area contributed by atoms with Gasteiger partial charge in [0, 0.05) is 5.69 Å². The van der Waals surface area contributed by atoms with Crippen LogP contribution in [0.3, 0.4) is 0 Å². The summed E-state index contributed by atoms with van der Waals surface area (Å²) in [6, 6.07) is 11.4. The van der Waals surface area contributed by atoms with Gasteiger partial charge in [-0.3, -0.25) is 9.59 Å². The van der Waals surface area contributed by atoms with E-state index in [1.165, 1.54) is 12.1 Å². The highest BCUT2D eigenvalue weighted by atomic mass is 19.1. The van der Waals surface area contributed by atoms with Crippen LogP contribution in [0.25, 0.3) is 0 Å². The fourth-order valence-electron chi connectivity index (χ4n) is 2.45. The number of hydrogen-bond acceptors (Lipinski definition) is 3. The monoisotopic (exact) mass is 341 g/mol. The minimum atomic E-state index is -1.36. The lowest BCUT2D eigenvalue weighted by atomic mass is 10.0. The number of carbonyl (C=O) groups excluding carboxylic acids is 2. The molecule has 1 aliphatic carbocycles. The molecule has 2 N–H and O–H groups in total. The van der Waals surface area contributed by atoms with E-state index < -0.39 is 34.6 Å². The number of hydrogen-bond donors (Lipinski definition) is 2. The zero-order valence-corrected chi connectivity index (χ0v) is 13.0. The van der Waals surface area contributed by atoms with Crippen molar-refractivity contribution in [2.24, 2.45) is 5.41 Å². The van der Waals surface area contributed by atoms with Crippen LogP contribution in [-0.4, -0.2) is 11.8 Å². The molecule has 0 bridgehead atoms. The third-order valence-corrected chi connectivity index (χ3v) is 4.07. The van der Waals surface area contributed by atoms with Gasteiger partial charge in [-0.2, -0.15) is 5.26 Å². The Balaban J connectivity index is 1.76. The van der Waals surface area contributed by atoms with Crippen LogP contribution in [0.5, 0.6) is 0 Å². The van der Waals surface area contributed by atoms with Crippen LogP contribution < -0.4 is 10.6 Å². The van der Waals surface area contributed by atoms with Gasteiger partial charge in [-0.1, -0.05) is 12.1 Å². The zero-order valence-electron chi connectivity index (χ0n) is 13.0. The maximum absolute atomic E-state index is 13.7. The number of nitrogens with one attached hydrogen (secondary N) is 2. The average Bonchev–Trinajstić information content (AvgIpc) is 3.40. The van der Waals surface area contributed by atoms with Crippen molar-refractivity contribution < 1.29 is 18.4 Å². The maximum Gasteiger partial charge on any atom is 0.240 e. The van der Waals surface area contributed by atoms with Gasteiger partial charge in [0.25, 0.3) is 0 Å². The van der Waals surface area contributed by atoms with Crippen molar-refractivity contribution in [1.82, 2.24) is 0 Å². The SMILES string of the molecule is N#Cc1cccc(NC(=O)C2(C(=O)Nc3c(F)cccc3F)CC2)c1. The fraction of sp³-hybridized carbons (Fsp3) is 0.167. The summed E-state index contributed by atoms with van der Waals surface area (Å²) >= 11 is 0. The molecule has 1 fully saturated rings. The number of rotatable bonds is 4. The van der Waals surface area contributed by atoms with Gasteiger partial charge < -0.3 is 10.6 Å². The van der Waals surface area contributed by atoms with E-state index in [2.05, 4.69) is 10.6 Å². The predicted octanol–water partition coefficient (Wildman–Crippen LogP) is 3.19. The van der Waals surface area contributed by atoms with Crippen LogP contribution >= 0.6 is 0 Å². The first kappa shape index (κ1) is 16.6. The number of halogens is 2. The first-order valence-electron chi connectivity index (χ1n) is 7.53. The molecule has 0 saturated heterocycles. The van der Waals surface area contributed by atoms with Crippen LogP contribution in [0, 0.1) is 28.4 Å². The average molecular weight is 341 g/mol. The molecule has 7 heteroatoms. The lowest BCUT2D eigenvalue weighted by Gasteiger charge is -2.16. The second-order valence-electron chi connectivity index (χ2n) is 5.78. The Morgan fingerprint density at radius 3 is 2.20 bits per heavy atom. The second-order valence-corrected chi connectivity index (χ2v) is 5.78. The van der Waals surface area contributed by atoms with E-state index in [1.807, 2.05) is 6.07 Å². The Bertz CT molecular complexity index is 881. The van der Waals surface area contributed by atoms with E-state index in [0.29, 0.717) is 11.3 Å². The number of para-hydroxylation sites is 1. The standard InChI is InChI=1S/C18H13F2N3O2/c19-13-5-2-6-14(20)15(13)23-17(25)18(7-8-18)16(24)22-12-4-1-3-11(9-12)10-21/h1-6,9H,7-8H2,(H,22,24)(H,23,25). The minimum absolute atomic E-state index is 0.276. The van der Waals surface area contributed by atoms with Crippen LogP contribution in [0.1, 0.15) is 18.4 Å². The van der Waals surface area contributed by atoms with E-state index >= 15 is 0 Å². The molecule has 2 aromatic carbocycles. The van der Waals surface area contributed by atoms with E-state index in [-0.39, 0.29) is 12.8 Å². The summed E-state index contributed by atoms with van der Waals surface area (Å²) in [7, 11) is 0. The highest BCUT2D eigenvalue weighted by Crippen LogP contribution is 2.47. The summed E-state index contributed by atoms with van der Waals surface area (Å²) < 4.78 is 27.3. The lowest BCUT2D eigenvalue weighted by molar-refractivity contribution is -0.131. The molecule has 1 saturated carbocycles. The summed E-state index contributed by atoms with van der Waals surface area (Å²) in [6.45, 7) is 0. The zero-order chi connectivity index (χ0) is 18.0. The van der Waals surface area contributed by atoms with Crippen molar-refractivity contribution in [3.05, 3.63) is 59.7 Å². The summed E-state index contributed by atoms with van der Waals surface area (Å²) in [5.74, 6) is -3.15. The van der Waals surface area contributed by atoms with E-state index in [0.717, 1.165) is 12.1 Å². The molecule has 0 aliphatic heterocycles. The Morgan fingerprint density at radius 2 is 1.60 bits per heavy atom. The molecule has 2 amide bonds. The van der Waals surface area contributed by atoms with E-state index in [4.69, 9.17) is 5.26 Å². The van der Waals surface area contributed by atoms with E-state index in [1.54, 1.807) is 18.2 Å². The Hall–Kier alpha value is -3.27. The van der Waals surface area contributed by atoms with Crippen LogP contribution in [0.4, 0.5) is 20.2 Å². The number of benzene rings is 2. The van der Waals surface area contributed by atoms with Crippen LogP contribution in [0.15, 0.2) is 42.5 Å². The number of nitrogens with zero attached hydrogens (tertiary/aromatic N) is 1. The Kier molecular flexibility index (Phi) is 4.19. The second kappa shape index (κ2) is 6.32. The van der Waals surface area contributed by atoms with Crippen molar-refractivity contribution >= 4 is 23.2 Å². The molecular weight excluding hydrogens is 328 g/mol. The van der Waals surface area contributed by atoms with Crippen molar-refractivity contribution in [3.63, 3.8) is 0 Å². The van der Waals surface area contributed by atoms with Gasteiger partial charge in [0.1, 0.15) is 22.7 Å². The third-order valence-electron chi connectivity index (χ3n) is 4.07. The minimum Gasteiger partial charge on any atom is -0.325 e. The highest BCUT2D eigenvalue weighted by Gasteiger charge is 2.56. The quantitative estimate of drug-likeness (QED) is 0.838. The molecule has 0 radical (unpaired) electrons. The Labute approximate surface area is 142 Å². The van der Waals surface area contributed by atoms with Gasteiger partial charge in [0.2, 0.25) is 11.8 Å². The van der Waals surface area contributed by atoms with Crippen LogP contribution in [0.2, 0.25) is 0 Å². The summed E-state index contributed by atoms with van der Waals surface area (Å²) in [4.78, 5) is 24.9. The largest absolute Gasteiger partial charge is 0.325 e. The van der Waals surface area contributed by atoms with Gasteiger partial charge in [0.15, 0.2) is 0 Å². The molecule has 0 heterocycles. The van der Waals surface area contributed by atoms with Gasteiger partial charge in [0.05, 0.1) is 11.6 Å². The molecule has 126 valence electrons. The number of amides is 2. The molecule has 1 aliphatic rings. The van der Waals surface area contributed by atoms with E-state index in [9.17, 15) is 18.4 Å². The predicted molar refractivity (Wildman–Crippen MR) is 86.4 cm³/mol. The molecule has 0 spiro atoms. The summed E-state index contributed by atoms with van der Waals surface area (Å²) in [5.41, 5.74) is -1.20. The van der Waals surface area contributed by atoms with Crippen molar-refractivity contribution in [2.75, 3.05) is 10.6 Å². The fourth-order valence-corrected chi connectivity index (χ4v) is 2.45. The molecule has 0 atom stereocenters. The molecule has 0 aromatic heterocycles. The van der Waals surface area contributed by atoms with Gasteiger partial charge in [-0.15, -0.1) is 0 Å². The Morgan fingerprint density at radius 1 is 1.00 bits per heavy atom. The molecule has 3 rings (SSSR count). The van der Waals surface area contributed by atoms with Crippen molar-refractivity contribution in [2.45, 2.75) is 12.8 Å². The molecular formula is C18H13F2N3O2. The van der Waals surface area contributed by atoms with Crippen molar-refractivity contribution in [1.29, 1.82) is 5.26 Å². The van der Waals surface area contributed by atoms with Gasteiger partial charge in [-0.25, -0.2) is 8.78 Å². The molecule has 25 heavy (non-hydrogen) atoms. The number of nitriles is 1.